The van der Waals surface area contributed by atoms with Crippen molar-refractivity contribution in [2.45, 2.75) is 18.5 Å². The minimum absolute atomic E-state index is 0.0878. The lowest BCUT2D eigenvalue weighted by atomic mass is 10.0. The Bertz CT molecular complexity index is 735. The minimum atomic E-state index is -0.647. The number of hydrogen-bond acceptors (Lipinski definition) is 4. The zero-order valence-electron chi connectivity index (χ0n) is 13.0. The maximum absolute atomic E-state index is 12.4. The van der Waals surface area contributed by atoms with Crippen molar-refractivity contribution >= 4 is 23.3 Å². The standard InChI is InChI=1S/C17H19N5O2/c18-17(24)20-13-8-4-7-12(9-13)19-16(23)15-10-14(21-22-15)11-5-2-1-3-6-11/h1-9,14-15,21-22H,10H2,(H,19,23)(H3,18,20,24). The van der Waals surface area contributed by atoms with E-state index in [2.05, 4.69) is 21.5 Å². The molecule has 2 unspecified atom stereocenters. The summed E-state index contributed by atoms with van der Waals surface area (Å²) in [5.41, 5.74) is 13.5. The quantitative estimate of drug-likeness (QED) is 0.590. The van der Waals surface area contributed by atoms with E-state index in [9.17, 15) is 9.59 Å². The third-order valence-electron chi connectivity index (χ3n) is 3.82. The molecule has 7 nitrogen and oxygen atoms in total. The van der Waals surface area contributed by atoms with Crippen LogP contribution in [0.3, 0.4) is 0 Å². The predicted molar refractivity (Wildman–Crippen MR) is 92.1 cm³/mol. The van der Waals surface area contributed by atoms with Crippen LogP contribution in [0, 0.1) is 0 Å². The molecule has 1 aliphatic rings. The summed E-state index contributed by atoms with van der Waals surface area (Å²) in [5.74, 6) is -0.142. The van der Waals surface area contributed by atoms with Crippen LogP contribution in [0.2, 0.25) is 0 Å². The lowest BCUT2D eigenvalue weighted by molar-refractivity contribution is -0.117. The Morgan fingerprint density at radius 2 is 1.67 bits per heavy atom. The Balaban J connectivity index is 1.61. The summed E-state index contributed by atoms with van der Waals surface area (Å²) in [4.78, 5) is 23.3. The number of urea groups is 1. The SMILES string of the molecule is NC(=O)Nc1cccc(NC(=O)C2CC(c3ccccc3)NN2)c1. The predicted octanol–water partition coefficient (Wildman–Crippen LogP) is 1.72. The lowest BCUT2D eigenvalue weighted by Crippen LogP contribution is -2.39. The fourth-order valence-corrected chi connectivity index (χ4v) is 2.68. The second kappa shape index (κ2) is 7.12. The molecule has 1 fully saturated rings. The number of anilines is 2. The number of carbonyl (C=O) groups is 2. The molecule has 6 N–H and O–H groups in total. The van der Waals surface area contributed by atoms with Crippen LogP contribution in [-0.4, -0.2) is 18.0 Å². The van der Waals surface area contributed by atoms with Gasteiger partial charge < -0.3 is 16.4 Å². The fraction of sp³-hybridized carbons (Fsp3) is 0.176. The maximum Gasteiger partial charge on any atom is 0.316 e. The van der Waals surface area contributed by atoms with E-state index in [1.165, 1.54) is 0 Å². The van der Waals surface area contributed by atoms with Gasteiger partial charge in [-0.05, 0) is 30.2 Å². The monoisotopic (exact) mass is 325 g/mol. The van der Waals surface area contributed by atoms with Crippen LogP contribution in [0.1, 0.15) is 18.0 Å². The van der Waals surface area contributed by atoms with Crippen LogP contribution in [0.15, 0.2) is 54.6 Å². The largest absolute Gasteiger partial charge is 0.351 e. The fourth-order valence-electron chi connectivity index (χ4n) is 2.68. The van der Waals surface area contributed by atoms with Gasteiger partial charge in [0.2, 0.25) is 5.91 Å². The highest BCUT2D eigenvalue weighted by Gasteiger charge is 2.30. The van der Waals surface area contributed by atoms with Crippen molar-refractivity contribution in [1.29, 1.82) is 0 Å². The van der Waals surface area contributed by atoms with Crippen molar-refractivity contribution in [3.63, 3.8) is 0 Å². The van der Waals surface area contributed by atoms with Gasteiger partial charge >= 0.3 is 6.03 Å². The zero-order chi connectivity index (χ0) is 16.9. The van der Waals surface area contributed by atoms with E-state index in [-0.39, 0.29) is 18.0 Å². The first-order chi connectivity index (χ1) is 11.6. The molecule has 0 aliphatic carbocycles. The second-order valence-corrected chi connectivity index (χ2v) is 5.60. The zero-order valence-corrected chi connectivity index (χ0v) is 13.0. The summed E-state index contributed by atoms with van der Waals surface area (Å²) in [6.07, 6.45) is 0.648. The molecule has 1 aliphatic heterocycles. The van der Waals surface area contributed by atoms with Crippen molar-refractivity contribution in [3.8, 4) is 0 Å². The van der Waals surface area contributed by atoms with Crippen molar-refractivity contribution in [2.24, 2.45) is 5.73 Å². The number of benzene rings is 2. The lowest BCUT2D eigenvalue weighted by Gasteiger charge is -2.12. The first-order valence-corrected chi connectivity index (χ1v) is 7.65. The maximum atomic E-state index is 12.4. The summed E-state index contributed by atoms with van der Waals surface area (Å²) < 4.78 is 0. The van der Waals surface area contributed by atoms with Gasteiger partial charge in [-0.15, -0.1) is 0 Å². The first kappa shape index (κ1) is 16.0. The van der Waals surface area contributed by atoms with Crippen molar-refractivity contribution in [2.75, 3.05) is 10.6 Å². The molecule has 2 aromatic rings. The van der Waals surface area contributed by atoms with Crippen LogP contribution in [0.5, 0.6) is 0 Å². The average molecular weight is 325 g/mol. The van der Waals surface area contributed by atoms with Gasteiger partial charge in [-0.1, -0.05) is 36.4 Å². The number of rotatable bonds is 4. The third kappa shape index (κ3) is 3.89. The van der Waals surface area contributed by atoms with Crippen molar-refractivity contribution < 1.29 is 9.59 Å². The van der Waals surface area contributed by atoms with Crippen LogP contribution < -0.4 is 27.2 Å². The number of nitrogens with two attached hydrogens (primary N) is 1. The van der Waals surface area contributed by atoms with Gasteiger partial charge in [-0.2, -0.15) is 0 Å². The number of nitrogens with one attached hydrogen (secondary N) is 4. The molecule has 0 bridgehead atoms. The van der Waals surface area contributed by atoms with Gasteiger partial charge in [0.25, 0.3) is 0 Å². The highest BCUT2D eigenvalue weighted by molar-refractivity contribution is 5.96. The summed E-state index contributed by atoms with van der Waals surface area (Å²) in [6.45, 7) is 0. The topological polar surface area (TPSA) is 108 Å². The van der Waals surface area contributed by atoms with E-state index in [1.54, 1.807) is 24.3 Å². The molecule has 24 heavy (non-hydrogen) atoms. The molecule has 3 amide bonds. The van der Waals surface area contributed by atoms with Gasteiger partial charge in [0, 0.05) is 17.4 Å². The molecule has 0 radical (unpaired) electrons. The molecule has 124 valence electrons. The molecule has 7 heteroatoms. The number of primary amides is 1. The first-order valence-electron chi connectivity index (χ1n) is 7.65. The molecule has 2 atom stereocenters. The van der Waals surface area contributed by atoms with Gasteiger partial charge in [-0.3, -0.25) is 4.79 Å². The molecular weight excluding hydrogens is 306 g/mol. The Morgan fingerprint density at radius 1 is 0.958 bits per heavy atom. The molecule has 2 aromatic carbocycles. The van der Waals surface area contributed by atoms with Crippen molar-refractivity contribution in [3.05, 3.63) is 60.2 Å². The van der Waals surface area contributed by atoms with E-state index in [1.807, 2.05) is 30.3 Å². The molecule has 1 saturated heterocycles. The van der Waals surface area contributed by atoms with Gasteiger partial charge in [0.1, 0.15) is 6.04 Å². The van der Waals surface area contributed by atoms with E-state index in [0.29, 0.717) is 17.8 Å². The van der Waals surface area contributed by atoms with Gasteiger partial charge in [0.15, 0.2) is 0 Å². The van der Waals surface area contributed by atoms with Crippen LogP contribution >= 0.6 is 0 Å². The summed E-state index contributed by atoms with van der Waals surface area (Å²) >= 11 is 0. The number of amides is 3. The summed E-state index contributed by atoms with van der Waals surface area (Å²) in [7, 11) is 0. The molecule has 1 heterocycles. The van der Waals surface area contributed by atoms with E-state index in [4.69, 9.17) is 5.73 Å². The highest BCUT2D eigenvalue weighted by atomic mass is 16.2. The molecule has 0 spiro atoms. The summed E-state index contributed by atoms with van der Waals surface area (Å²) in [5, 5.41) is 5.31. The van der Waals surface area contributed by atoms with Gasteiger partial charge in [0.05, 0.1) is 0 Å². The second-order valence-electron chi connectivity index (χ2n) is 5.60. The summed E-state index contributed by atoms with van der Waals surface area (Å²) in [6, 6.07) is 15.9. The van der Waals surface area contributed by atoms with Crippen LogP contribution in [0.25, 0.3) is 0 Å². The smallest absolute Gasteiger partial charge is 0.316 e. The van der Waals surface area contributed by atoms with E-state index >= 15 is 0 Å². The number of carbonyl (C=O) groups excluding carboxylic acids is 2. The molecule has 3 rings (SSSR count). The van der Waals surface area contributed by atoms with Crippen molar-refractivity contribution in [1.82, 2.24) is 10.9 Å². The molecule has 0 saturated carbocycles. The van der Waals surface area contributed by atoms with Crippen LogP contribution in [-0.2, 0) is 4.79 Å². The van der Waals surface area contributed by atoms with Gasteiger partial charge in [-0.25, -0.2) is 15.6 Å². The number of hydrogen-bond donors (Lipinski definition) is 5. The molecular formula is C17H19N5O2. The normalized spacial score (nSPS) is 19.7. The molecule has 0 aromatic heterocycles. The van der Waals surface area contributed by atoms with Crippen LogP contribution in [0.4, 0.5) is 16.2 Å². The minimum Gasteiger partial charge on any atom is -0.351 e. The Kier molecular flexibility index (Phi) is 4.74. The average Bonchev–Trinajstić information content (AvgIpc) is 3.05. The Labute approximate surface area is 139 Å². The third-order valence-corrected chi connectivity index (χ3v) is 3.82. The highest BCUT2D eigenvalue weighted by Crippen LogP contribution is 2.23. The van der Waals surface area contributed by atoms with E-state index < -0.39 is 6.03 Å². The Hall–Kier alpha value is -2.90. The van der Waals surface area contributed by atoms with E-state index in [0.717, 1.165) is 5.56 Å². The number of hydrazine groups is 1. The Morgan fingerprint density at radius 3 is 2.38 bits per heavy atom.